The van der Waals surface area contributed by atoms with Crippen LogP contribution in [0.2, 0.25) is 0 Å². The van der Waals surface area contributed by atoms with E-state index in [0.717, 1.165) is 0 Å². The fourth-order valence-corrected chi connectivity index (χ4v) is 4.39. The van der Waals surface area contributed by atoms with E-state index in [2.05, 4.69) is 10.3 Å². The number of aliphatic hydroxyl groups excluding tert-OH is 1. The van der Waals surface area contributed by atoms with E-state index in [4.69, 9.17) is 4.74 Å². The maximum absolute atomic E-state index is 14.8. The van der Waals surface area contributed by atoms with Crippen molar-refractivity contribution in [3.8, 4) is 11.5 Å². The first kappa shape index (κ1) is 22.0. The Morgan fingerprint density at radius 3 is 2.68 bits per heavy atom. The van der Waals surface area contributed by atoms with Crippen molar-refractivity contribution in [3.05, 3.63) is 66.1 Å². The molecule has 2 aromatic carbocycles. The van der Waals surface area contributed by atoms with E-state index in [-0.39, 0.29) is 11.9 Å². The van der Waals surface area contributed by atoms with Gasteiger partial charge in [0, 0.05) is 25.0 Å². The second kappa shape index (κ2) is 9.18. The lowest BCUT2D eigenvalue weighted by Crippen LogP contribution is -2.36. The van der Waals surface area contributed by atoms with Crippen molar-refractivity contribution in [2.24, 2.45) is 0 Å². The van der Waals surface area contributed by atoms with Gasteiger partial charge in [-0.3, -0.25) is 4.79 Å². The fraction of sp³-hybridized carbons (Fsp3) is 0.280. The third-order valence-corrected chi connectivity index (χ3v) is 6.12. The summed E-state index contributed by atoms with van der Waals surface area (Å²) in [6, 6.07) is 13.0. The van der Waals surface area contributed by atoms with Gasteiger partial charge in [-0.2, -0.15) is 0 Å². The van der Waals surface area contributed by atoms with Crippen LogP contribution in [0.25, 0.3) is 0 Å². The van der Waals surface area contributed by atoms with E-state index in [1.807, 2.05) is 4.90 Å². The monoisotopic (exact) mass is 464 g/mol. The summed E-state index contributed by atoms with van der Waals surface area (Å²) in [7, 11) is 0. The van der Waals surface area contributed by atoms with Crippen molar-refractivity contribution in [3.63, 3.8) is 0 Å². The number of ether oxygens (including phenoxy) is 1. The van der Waals surface area contributed by atoms with Crippen LogP contribution >= 0.6 is 0 Å². The van der Waals surface area contributed by atoms with Gasteiger partial charge in [0.2, 0.25) is 0 Å². The average molecular weight is 464 g/mol. The highest BCUT2D eigenvalue weighted by molar-refractivity contribution is 6.07. The lowest BCUT2D eigenvalue weighted by Gasteiger charge is -2.32. The van der Waals surface area contributed by atoms with E-state index in [1.165, 1.54) is 6.07 Å². The molecule has 2 aliphatic heterocycles. The molecule has 34 heavy (non-hydrogen) atoms. The second-order valence-corrected chi connectivity index (χ2v) is 8.34. The highest BCUT2D eigenvalue weighted by atomic mass is 19.1. The van der Waals surface area contributed by atoms with Crippen molar-refractivity contribution in [1.29, 1.82) is 0 Å². The number of fused-ring (bicyclic) bond motifs is 1. The van der Waals surface area contributed by atoms with Crippen molar-refractivity contribution < 1.29 is 24.1 Å². The minimum Gasteiger partial charge on any atom is -0.504 e. The highest BCUT2D eigenvalue weighted by Gasteiger charge is 2.27. The van der Waals surface area contributed by atoms with Crippen molar-refractivity contribution in [2.75, 3.05) is 41.4 Å². The zero-order valence-electron chi connectivity index (χ0n) is 18.4. The molecule has 3 heterocycles. The SMILES string of the molecule is O=C(Nc1ccc(N2CCC(O)CC2)c(F)c1)c1cccc2c1OCCN2c1ncccc1O. The third-order valence-electron chi connectivity index (χ3n) is 6.12. The molecule has 1 fully saturated rings. The molecule has 3 aromatic rings. The Bertz CT molecular complexity index is 1210. The number of aromatic hydroxyl groups is 1. The van der Waals surface area contributed by atoms with Crippen LogP contribution in [-0.4, -0.2) is 53.4 Å². The summed E-state index contributed by atoms with van der Waals surface area (Å²) in [6.45, 7) is 1.93. The summed E-state index contributed by atoms with van der Waals surface area (Å²) in [5.74, 6) is -0.0775. The van der Waals surface area contributed by atoms with Crippen LogP contribution in [-0.2, 0) is 0 Å². The number of anilines is 4. The largest absolute Gasteiger partial charge is 0.504 e. The van der Waals surface area contributed by atoms with Gasteiger partial charge in [0.1, 0.15) is 12.4 Å². The van der Waals surface area contributed by atoms with Gasteiger partial charge in [-0.25, -0.2) is 9.37 Å². The standard InChI is InChI=1S/C25H25FN4O4/c26-19-15-16(6-7-20(19)29-11-8-17(31)9-12-29)28-25(33)18-3-1-4-21-23(18)34-14-13-30(21)24-22(32)5-2-10-27-24/h1-7,10,15,17,31-32H,8-9,11-14H2,(H,28,33). The topological polar surface area (TPSA) is 98.2 Å². The van der Waals surface area contributed by atoms with Gasteiger partial charge in [0.25, 0.3) is 5.91 Å². The molecule has 0 unspecified atom stereocenters. The van der Waals surface area contributed by atoms with Gasteiger partial charge >= 0.3 is 0 Å². The molecular formula is C25H25FN4O4. The number of carbonyl (C=O) groups is 1. The molecule has 0 spiro atoms. The number of hydrogen-bond acceptors (Lipinski definition) is 7. The van der Waals surface area contributed by atoms with Crippen molar-refractivity contribution in [2.45, 2.75) is 18.9 Å². The smallest absolute Gasteiger partial charge is 0.259 e. The summed E-state index contributed by atoms with van der Waals surface area (Å²) >= 11 is 0. The number of para-hydroxylation sites is 1. The number of aromatic nitrogens is 1. The van der Waals surface area contributed by atoms with E-state index in [1.54, 1.807) is 53.6 Å². The van der Waals surface area contributed by atoms with E-state index in [9.17, 15) is 19.4 Å². The van der Waals surface area contributed by atoms with Crippen LogP contribution < -0.4 is 19.9 Å². The molecule has 1 aromatic heterocycles. The summed E-state index contributed by atoms with van der Waals surface area (Å²) in [6.07, 6.45) is 2.45. The molecular weight excluding hydrogens is 439 g/mol. The molecule has 176 valence electrons. The number of piperidine rings is 1. The Kier molecular flexibility index (Phi) is 5.93. The van der Waals surface area contributed by atoms with E-state index in [0.29, 0.717) is 73.3 Å². The lowest BCUT2D eigenvalue weighted by atomic mass is 10.1. The molecule has 0 saturated carbocycles. The first-order valence-electron chi connectivity index (χ1n) is 11.2. The molecule has 1 saturated heterocycles. The fourth-order valence-electron chi connectivity index (χ4n) is 4.39. The van der Waals surface area contributed by atoms with Gasteiger partial charge in [-0.1, -0.05) is 6.07 Å². The molecule has 3 N–H and O–H groups in total. The number of nitrogens with one attached hydrogen (secondary N) is 1. The zero-order chi connectivity index (χ0) is 23.7. The Hall–Kier alpha value is -3.85. The predicted molar refractivity (Wildman–Crippen MR) is 127 cm³/mol. The quantitative estimate of drug-likeness (QED) is 0.542. The molecule has 1 amide bonds. The number of rotatable bonds is 4. The molecule has 5 rings (SSSR count). The highest BCUT2D eigenvalue weighted by Crippen LogP contribution is 2.41. The number of aliphatic hydroxyl groups is 1. The number of nitrogens with zero attached hydrogens (tertiary/aromatic N) is 3. The maximum Gasteiger partial charge on any atom is 0.259 e. The number of benzene rings is 2. The number of hydrogen-bond donors (Lipinski definition) is 3. The molecule has 8 nitrogen and oxygen atoms in total. The molecule has 0 aliphatic carbocycles. The average Bonchev–Trinajstić information content (AvgIpc) is 2.84. The molecule has 0 bridgehead atoms. The second-order valence-electron chi connectivity index (χ2n) is 8.34. The molecule has 2 aliphatic rings. The van der Waals surface area contributed by atoms with Crippen molar-refractivity contribution in [1.82, 2.24) is 4.98 Å². The molecule has 0 atom stereocenters. The van der Waals surface area contributed by atoms with Gasteiger partial charge in [-0.05, 0) is 55.3 Å². The third kappa shape index (κ3) is 4.22. The Morgan fingerprint density at radius 2 is 1.91 bits per heavy atom. The number of pyridine rings is 1. The Morgan fingerprint density at radius 1 is 1.09 bits per heavy atom. The molecule has 0 radical (unpaired) electrons. The van der Waals surface area contributed by atoms with Crippen LogP contribution in [0.15, 0.2) is 54.7 Å². The minimum absolute atomic E-state index is 0.0315. The Labute approximate surface area is 196 Å². The zero-order valence-corrected chi connectivity index (χ0v) is 18.4. The number of amides is 1. The van der Waals surface area contributed by atoms with Crippen LogP contribution in [0.4, 0.5) is 27.3 Å². The first-order chi connectivity index (χ1) is 16.5. The van der Waals surface area contributed by atoms with Crippen LogP contribution in [0, 0.1) is 5.82 Å². The summed E-state index contributed by atoms with van der Waals surface area (Å²) < 4.78 is 20.6. The van der Waals surface area contributed by atoms with E-state index >= 15 is 0 Å². The summed E-state index contributed by atoms with van der Waals surface area (Å²) in [4.78, 5) is 21.1. The summed E-state index contributed by atoms with van der Waals surface area (Å²) in [5.41, 5.74) is 1.70. The normalized spacial score (nSPS) is 16.1. The van der Waals surface area contributed by atoms with E-state index < -0.39 is 11.7 Å². The van der Waals surface area contributed by atoms with Gasteiger partial charge in [0.05, 0.1) is 29.6 Å². The van der Waals surface area contributed by atoms with Crippen LogP contribution in [0.3, 0.4) is 0 Å². The summed E-state index contributed by atoms with van der Waals surface area (Å²) in [5, 5.41) is 22.7. The van der Waals surface area contributed by atoms with Crippen LogP contribution in [0.5, 0.6) is 11.5 Å². The maximum atomic E-state index is 14.8. The minimum atomic E-state index is -0.433. The Balaban J connectivity index is 1.37. The molecule has 9 heteroatoms. The van der Waals surface area contributed by atoms with Crippen molar-refractivity contribution >= 4 is 28.8 Å². The lowest BCUT2D eigenvalue weighted by molar-refractivity contribution is 0.102. The van der Waals surface area contributed by atoms with Gasteiger partial charge in [-0.15, -0.1) is 0 Å². The van der Waals surface area contributed by atoms with Crippen LogP contribution in [0.1, 0.15) is 23.2 Å². The first-order valence-corrected chi connectivity index (χ1v) is 11.2. The number of halogens is 1. The van der Waals surface area contributed by atoms with Gasteiger partial charge in [0.15, 0.2) is 17.3 Å². The number of carbonyl (C=O) groups excluding carboxylic acids is 1. The predicted octanol–water partition coefficient (Wildman–Crippen LogP) is 3.67. The van der Waals surface area contributed by atoms with Gasteiger partial charge < -0.3 is 30.1 Å².